The van der Waals surface area contributed by atoms with Gasteiger partial charge in [0.15, 0.2) is 17.2 Å². The minimum atomic E-state index is -4.65. The summed E-state index contributed by atoms with van der Waals surface area (Å²) in [6, 6.07) is 11.8. The van der Waals surface area contributed by atoms with E-state index in [2.05, 4.69) is 15.6 Å². The molecule has 0 spiro atoms. The number of carbonyl (C=O) groups is 1. The molecule has 1 aliphatic rings. The van der Waals surface area contributed by atoms with Crippen LogP contribution in [0.4, 0.5) is 33.7 Å². The summed E-state index contributed by atoms with van der Waals surface area (Å²) >= 11 is 0. The van der Waals surface area contributed by atoms with Gasteiger partial charge in [-0.05, 0) is 37.3 Å². The third kappa shape index (κ3) is 4.85. The summed E-state index contributed by atoms with van der Waals surface area (Å²) in [4.78, 5) is 16.8. The van der Waals surface area contributed by atoms with Crippen molar-refractivity contribution in [3.63, 3.8) is 0 Å². The fraction of sp³-hybridized carbons (Fsp3) is 0.250. The Bertz CT molecular complexity index is 1250. The van der Waals surface area contributed by atoms with Crippen molar-refractivity contribution in [2.24, 2.45) is 0 Å². The maximum atomic E-state index is 13.9. The molecule has 1 aliphatic heterocycles. The van der Waals surface area contributed by atoms with Gasteiger partial charge in [0.2, 0.25) is 5.88 Å². The Labute approximate surface area is 198 Å². The van der Waals surface area contributed by atoms with Crippen molar-refractivity contribution in [1.82, 2.24) is 4.98 Å². The van der Waals surface area contributed by atoms with Gasteiger partial charge in [-0.1, -0.05) is 18.2 Å². The minimum Gasteiger partial charge on any atom is -0.494 e. The molecule has 2 heterocycles. The molecule has 2 aromatic carbocycles. The number of ether oxygens (including phenoxy) is 3. The van der Waals surface area contributed by atoms with Gasteiger partial charge in [-0.25, -0.2) is 14.2 Å². The summed E-state index contributed by atoms with van der Waals surface area (Å²) < 4.78 is 70.9. The van der Waals surface area contributed by atoms with Crippen LogP contribution in [0.25, 0.3) is 0 Å². The maximum Gasteiger partial charge on any atom is 0.421 e. The number of nitrogens with zero attached hydrogens (tertiary/aromatic N) is 1. The van der Waals surface area contributed by atoms with Crippen LogP contribution in [-0.4, -0.2) is 30.9 Å². The van der Waals surface area contributed by atoms with Crippen LogP contribution in [0.5, 0.6) is 17.4 Å². The van der Waals surface area contributed by atoms with Gasteiger partial charge >= 0.3 is 12.2 Å². The molecule has 2 amide bonds. The number of amides is 2. The molecular weight excluding hydrogens is 470 g/mol. The Balaban J connectivity index is 1.60. The molecule has 0 aliphatic carbocycles. The largest absolute Gasteiger partial charge is 0.494 e. The van der Waals surface area contributed by atoms with E-state index in [-0.39, 0.29) is 47.3 Å². The van der Waals surface area contributed by atoms with Crippen LogP contribution < -0.4 is 20.1 Å². The Morgan fingerprint density at radius 3 is 2.49 bits per heavy atom. The van der Waals surface area contributed by atoms with Gasteiger partial charge in [0.1, 0.15) is 11.4 Å². The summed E-state index contributed by atoms with van der Waals surface area (Å²) in [6.07, 6.45) is -4.89. The summed E-state index contributed by atoms with van der Waals surface area (Å²) in [7, 11) is 1.29. The van der Waals surface area contributed by atoms with Crippen LogP contribution in [-0.2, 0) is 10.3 Å². The molecule has 7 nitrogen and oxygen atoms in total. The molecule has 0 saturated carbocycles. The minimum absolute atomic E-state index is 0.0301. The van der Waals surface area contributed by atoms with Crippen LogP contribution >= 0.6 is 0 Å². The van der Waals surface area contributed by atoms with E-state index in [1.165, 1.54) is 49.6 Å². The second-order valence-electron chi connectivity index (χ2n) is 7.76. The summed E-state index contributed by atoms with van der Waals surface area (Å²) in [5.74, 6) is -0.866. The van der Waals surface area contributed by atoms with Crippen molar-refractivity contribution in [3.05, 3.63) is 71.7 Å². The van der Waals surface area contributed by atoms with Crippen LogP contribution in [0.3, 0.4) is 0 Å². The lowest BCUT2D eigenvalue weighted by Crippen LogP contribution is -2.52. The topological polar surface area (TPSA) is 81.7 Å². The first kappa shape index (κ1) is 24.3. The van der Waals surface area contributed by atoms with Crippen LogP contribution in [0.1, 0.15) is 17.7 Å². The van der Waals surface area contributed by atoms with Gasteiger partial charge in [-0.15, -0.1) is 0 Å². The highest BCUT2D eigenvalue weighted by Gasteiger charge is 2.62. The zero-order valence-corrected chi connectivity index (χ0v) is 18.7. The number of rotatable bonds is 6. The number of para-hydroxylation sites is 1. The first-order chi connectivity index (χ1) is 16.6. The number of halogens is 4. The van der Waals surface area contributed by atoms with Crippen molar-refractivity contribution >= 4 is 17.4 Å². The van der Waals surface area contributed by atoms with Gasteiger partial charge in [0.25, 0.3) is 0 Å². The van der Waals surface area contributed by atoms with E-state index in [1.54, 1.807) is 13.0 Å². The van der Waals surface area contributed by atoms with E-state index in [0.29, 0.717) is 5.69 Å². The number of hydrogen-bond acceptors (Lipinski definition) is 5. The number of aryl methyl sites for hydroxylation is 1. The van der Waals surface area contributed by atoms with E-state index < -0.39 is 23.6 Å². The van der Waals surface area contributed by atoms with Gasteiger partial charge < -0.3 is 24.8 Å². The number of methoxy groups -OCH3 is 1. The highest BCUT2D eigenvalue weighted by molar-refractivity contribution is 6.00. The second-order valence-corrected chi connectivity index (χ2v) is 7.76. The molecule has 0 radical (unpaired) electrons. The van der Waals surface area contributed by atoms with Crippen molar-refractivity contribution < 1.29 is 36.6 Å². The Kier molecular flexibility index (Phi) is 6.53. The third-order valence-electron chi connectivity index (χ3n) is 5.45. The van der Waals surface area contributed by atoms with E-state index in [0.717, 1.165) is 6.07 Å². The number of carbonyl (C=O) groups excluding carboxylic acids is 1. The molecule has 2 N–H and O–H groups in total. The number of hydrogen-bond donors (Lipinski definition) is 2. The number of anilines is 2. The third-order valence-corrected chi connectivity index (χ3v) is 5.45. The van der Waals surface area contributed by atoms with Crippen molar-refractivity contribution in [1.29, 1.82) is 0 Å². The standard InChI is InChI=1S/C24H21F4N3O4/c1-14-7-10-18(31-22(32)30-15-8-9-17(25)20(13-15)33-2)21(29-14)35-19-6-4-3-5-16(19)23(11-12-34-23)24(26,27)28/h3-10,13H,11-12H2,1-2H3,(H2,30,31,32). The van der Waals surface area contributed by atoms with Gasteiger partial charge in [-0.3, -0.25) is 0 Å². The predicted octanol–water partition coefficient (Wildman–Crippen LogP) is 6.15. The van der Waals surface area contributed by atoms with Crippen molar-refractivity contribution in [2.75, 3.05) is 24.4 Å². The quantitative estimate of drug-likeness (QED) is 0.404. The van der Waals surface area contributed by atoms with E-state index in [4.69, 9.17) is 14.2 Å². The zero-order chi connectivity index (χ0) is 25.2. The summed E-state index contributed by atoms with van der Waals surface area (Å²) in [5, 5.41) is 5.07. The monoisotopic (exact) mass is 491 g/mol. The molecule has 1 atom stereocenters. The predicted molar refractivity (Wildman–Crippen MR) is 119 cm³/mol. The summed E-state index contributed by atoms with van der Waals surface area (Å²) in [5.41, 5.74) is -1.79. The lowest BCUT2D eigenvalue weighted by molar-refractivity contribution is -0.333. The zero-order valence-electron chi connectivity index (χ0n) is 18.7. The summed E-state index contributed by atoms with van der Waals surface area (Å²) in [6.45, 7) is 1.64. The number of aromatic nitrogens is 1. The molecule has 1 saturated heterocycles. The van der Waals surface area contributed by atoms with Gasteiger partial charge in [0.05, 0.1) is 13.7 Å². The van der Waals surface area contributed by atoms with Crippen LogP contribution in [0.15, 0.2) is 54.6 Å². The highest BCUT2D eigenvalue weighted by atomic mass is 19.4. The maximum absolute atomic E-state index is 13.9. The molecule has 35 heavy (non-hydrogen) atoms. The SMILES string of the molecule is COc1cc(NC(=O)Nc2ccc(C)nc2Oc2ccccc2C2(C(F)(F)F)CCO2)ccc1F. The highest BCUT2D eigenvalue weighted by Crippen LogP contribution is 2.53. The molecular formula is C24H21F4N3O4. The Morgan fingerprint density at radius 1 is 1.09 bits per heavy atom. The average Bonchev–Trinajstić information content (AvgIpc) is 2.76. The average molecular weight is 491 g/mol. The second kappa shape index (κ2) is 9.41. The lowest BCUT2D eigenvalue weighted by Gasteiger charge is -2.43. The molecule has 1 aromatic heterocycles. The van der Waals surface area contributed by atoms with Gasteiger partial charge in [-0.2, -0.15) is 13.2 Å². The molecule has 4 rings (SSSR count). The van der Waals surface area contributed by atoms with Gasteiger partial charge in [0, 0.05) is 29.4 Å². The van der Waals surface area contributed by atoms with Crippen molar-refractivity contribution in [3.8, 4) is 17.4 Å². The molecule has 184 valence electrons. The number of alkyl halides is 3. The lowest BCUT2D eigenvalue weighted by atomic mass is 9.85. The first-order valence-electron chi connectivity index (χ1n) is 10.5. The number of urea groups is 1. The van der Waals surface area contributed by atoms with E-state index in [9.17, 15) is 22.4 Å². The molecule has 11 heteroatoms. The van der Waals surface area contributed by atoms with E-state index >= 15 is 0 Å². The molecule has 3 aromatic rings. The van der Waals surface area contributed by atoms with Crippen LogP contribution in [0, 0.1) is 12.7 Å². The number of pyridine rings is 1. The van der Waals surface area contributed by atoms with E-state index in [1.807, 2.05) is 0 Å². The molecule has 1 fully saturated rings. The Hall–Kier alpha value is -3.86. The van der Waals surface area contributed by atoms with Crippen molar-refractivity contribution in [2.45, 2.75) is 25.1 Å². The first-order valence-corrected chi connectivity index (χ1v) is 10.5. The fourth-order valence-corrected chi connectivity index (χ4v) is 3.62. The Morgan fingerprint density at radius 2 is 1.83 bits per heavy atom. The number of benzene rings is 2. The fourth-order valence-electron chi connectivity index (χ4n) is 3.62. The normalized spacial score (nSPS) is 17.3. The van der Waals surface area contributed by atoms with Crippen LogP contribution in [0.2, 0.25) is 0 Å². The molecule has 0 bridgehead atoms. The number of nitrogens with one attached hydrogen (secondary N) is 2. The smallest absolute Gasteiger partial charge is 0.421 e. The molecule has 1 unspecified atom stereocenters.